The molecule has 0 bridgehead atoms. The van der Waals surface area contributed by atoms with Crippen molar-refractivity contribution < 1.29 is 14.4 Å². The van der Waals surface area contributed by atoms with Gasteiger partial charge in [-0.15, -0.1) is 11.3 Å². The maximum Gasteiger partial charge on any atom is 0.439 e. The highest BCUT2D eigenvalue weighted by molar-refractivity contribution is 7.19. The molecule has 35 heavy (non-hydrogen) atoms. The van der Waals surface area contributed by atoms with Crippen LogP contribution in [0.15, 0.2) is 38.6 Å². The molecule has 0 N–H and O–H groups in total. The van der Waals surface area contributed by atoms with E-state index in [1.165, 1.54) is 30.3 Å². The minimum Gasteiger partial charge on any atom is -0.406 e. The number of fused-ring (bicyclic) bond motifs is 2. The summed E-state index contributed by atoms with van der Waals surface area (Å²) in [7, 11) is 5.75. The van der Waals surface area contributed by atoms with E-state index in [0.717, 1.165) is 26.5 Å². The first-order valence-corrected chi connectivity index (χ1v) is 11.8. The molecule has 11 nitrogen and oxygen atoms in total. The molecule has 0 aliphatic heterocycles. The number of nitrogens with zero attached hydrogens (tertiary/aromatic N) is 5. The molecule has 3 aromatic heterocycles. The summed E-state index contributed by atoms with van der Waals surface area (Å²) in [4.78, 5) is 57.6. The van der Waals surface area contributed by atoms with Gasteiger partial charge in [-0.1, -0.05) is 26.0 Å². The van der Waals surface area contributed by atoms with Crippen molar-refractivity contribution in [2.75, 3.05) is 14.2 Å². The summed E-state index contributed by atoms with van der Waals surface area (Å²) in [5.41, 5.74) is 0.126. The van der Waals surface area contributed by atoms with Crippen molar-refractivity contribution in [1.82, 2.24) is 23.3 Å². The van der Waals surface area contributed by atoms with Gasteiger partial charge in [-0.3, -0.25) is 27.9 Å². The third-order valence-electron chi connectivity index (χ3n) is 5.82. The third-order valence-corrected chi connectivity index (χ3v) is 7.00. The number of rotatable bonds is 6. The predicted octanol–water partition coefficient (Wildman–Crippen LogP) is 2.11. The van der Waals surface area contributed by atoms with Crippen molar-refractivity contribution in [2.24, 2.45) is 20.0 Å². The number of imidazole rings is 1. The third kappa shape index (κ3) is 4.08. The van der Waals surface area contributed by atoms with E-state index in [2.05, 4.69) is 0 Å². The lowest BCUT2D eigenvalue weighted by Gasteiger charge is -2.14. The summed E-state index contributed by atoms with van der Waals surface area (Å²) < 4.78 is 11.2. The molecule has 3 heterocycles. The van der Waals surface area contributed by atoms with E-state index in [0.29, 0.717) is 21.8 Å². The van der Waals surface area contributed by atoms with Crippen LogP contribution in [0.3, 0.4) is 0 Å². The van der Waals surface area contributed by atoms with Gasteiger partial charge in [0.2, 0.25) is 0 Å². The lowest BCUT2D eigenvalue weighted by molar-refractivity contribution is -0.0789. The number of hydroxylamine groups is 2. The molecule has 4 aromatic rings. The van der Waals surface area contributed by atoms with Gasteiger partial charge in [0.1, 0.15) is 10.2 Å². The van der Waals surface area contributed by atoms with Crippen LogP contribution in [0.25, 0.3) is 21.3 Å². The number of para-hydroxylation sites is 2. The lowest BCUT2D eigenvalue weighted by atomic mass is 10.2. The molecular formula is C23H27N5O6S. The average molecular weight is 502 g/mol. The summed E-state index contributed by atoms with van der Waals surface area (Å²) in [5, 5.41) is 0.991. The second-order valence-corrected chi connectivity index (χ2v) is 9.73. The molecule has 186 valence electrons. The first-order chi connectivity index (χ1) is 16.6. The number of ether oxygens (including phenoxy) is 1. The Balaban J connectivity index is 2.02. The number of benzene rings is 1. The Labute approximate surface area is 203 Å². The zero-order valence-electron chi connectivity index (χ0n) is 20.4. The minimum atomic E-state index is -0.845. The number of hydrogen-bond acceptors (Lipinski definition) is 7. The van der Waals surface area contributed by atoms with Gasteiger partial charge in [0.05, 0.1) is 29.6 Å². The molecule has 0 spiro atoms. The number of aromatic nitrogens is 4. The molecule has 0 aliphatic carbocycles. The average Bonchev–Trinajstić information content (AvgIpc) is 3.30. The van der Waals surface area contributed by atoms with Gasteiger partial charge >= 0.3 is 17.5 Å². The van der Waals surface area contributed by atoms with Crippen LogP contribution in [0.5, 0.6) is 5.75 Å². The summed E-state index contributed by atoms with van der Waals surface area (Å²) in [6, 6.07) is 7.33. The summed E-state index contributed by atoms with van der Waals surface area (Å²) in [6.07, 6.45) is -0.845. The molecule has 1 aromatic carbocycles. The van der Waals surface area contributed by atoms with Crippen LogP contribution in [-0.4, -0.2) is 43.6 Å². The second-order valence-electron chi connectivity index (χ2n) is 8.65. The normalized spacial score (nSPS) is 11.6. The van der Waals surface area contributed by atoms with E-state index < -0.39 is 17.3 Å². The van der Waals surface area contributed by atoms with Gasteiger partial charge in [-0.25, -0.2) is 14.4 Å². The summed E-state index contributed by atoms with van der Waals surface area (Å²) >= 11 is 1.16. The van der Waals surface area contributed by atoms with E-state index in [1.807, 2.05) is 38.1 Å². The molecular weight excluding hydrogens is 474 g/mol. The quantitative estimate of drug-likeness (QED) is 0.375. The fourth-order valence-corrected chi connectivity index (χ4v) is 5.18. The number of carbonyl (C=O) groups excluding carboxylic acids is 1. The Morgan fingerprint density at radius 2 is 1.66 bits per heavy atom. The Morgan fingerprint density at radius 3 is 2.29 bits per heavy atom. The molecule has 0 atom stereocenters. The molecule has 0 radical (unpaired) electrons. The van der Waals surface area contributed by atoms with Crippen molar-refractivity contribution in [3.8, 4) is 5.75 Å². The summed E-state index contributed by atoms with van der Waals surface area (Å²) in [5.74, 6) is 0.127. The van der Waals surface area contributed by atoms with Gasteiger partial charge in [0.25, 0.3) is 5.56 Å². The van der Waals surface area contributed by atoms with Crippen LogP contribution in [-0.2, 0) is 32.0 Å². The molecule has 12 heteroatoms. The maximum atomic E-state index is 13.2. The highest BCUT2D eigenvalue weighted by Gasteiger charge is 2.27. The van der Waals surface area contributed by atoms with Crippen molar-refractivity contribution >= 4 is 38.7 Å². The highest BCUT2D eigenvalue weighted by atomic mass is 32.1. The zero-order chi connectivity index (χ0) is 25.6. The molecule has 0 unspecified atom stereocenters. The van der Waals surface area contributed by atoms with E-state index >= 15 is 0 Å². The van der Waals surface area contributed by atoms with E-state index in [1.54, 1.807) is 11.6 Å². The molecule has 4 rings (SSSR count). The van der Waals surface area contributed by atoms with Gasteiger partial charge < -0.3 is 4.74 Å². The van der Waals surface area contributed by atoms with Crippen LogP contribution >= 0.6 is 11.3 Å². The molecule has 1 amide bonds. The predicted molar refractivity (Wildman–Crippen MR) is 133 cm³/mol. The molecule has 0 saturated heterocycles. The molecule has 0 fully saturated rings. The highest BCUT2D eigenvalue weighted by Crippen LogP contribution is 2.37. The lowest BCUT2D eigenvalue weighted by Crippen LogP contribution is -2.38. The first-order valence-electron chi connectivity index (χ1n) is 11.0. The first kappa shape index (κ1) is 24.5. The summed E-state index contributed by atoms with van der Waals surface area (Å²) in [6.45, 7) is 4.32. The molecule has 0 saturated carbocycles. The van der Waals surface area contributed by atoms with E-state index in [4.69, 9.17) is 9.57 Å². The van der Waals surface area contributed by atoms with Crippen LogP contribution in [0.2, 0.25) is 0 Å². The van der Waals surface area contributed by atoms with Crippen molar-refractivity contribution in [2.45, 2.75) is 26.9 Å². The van der Waals surface area contributed by atoms with Crippen LogP contribution in [0, 0.1) is 5.92 Å². The largest absolute Gasteiger partial charge is 0.439 e. The van der Waals surface area contributed by atoms with E-state index in [-0.39, 0.29) is 29.3 Å². The molecule has 0 aliphatic rings. The fourth-order valence-electron chi connectivity index (χ4n) is 3.98. The van der Waals surface area contributed by atoms with Gasteiger partial charge in [0.15, 0.2) is 5.75 Å². The second kappa shape index (κ2) is 9.19. The van der Waals surface area contributed by atoms with Crippen LogP contribution in [0.4, 0.5) is 4.79 Å². The smallest absolute Gasteiger partial charge is 0.406 e. The number of carbonyl (C=O) groups is 1. The number of thiophene rings is 1. The van der Waals surface area contributed by atoms with Gasteiger partial charge in [-0.05, 0) is 18.1 Å². The van der Waals surface area contributed by atoms with Crippen LogP contribution < -0.4 is 21.7 Å². The minimum absolute atomic E-state index is 0.0110. The SMILES string of the molecule is CON(C)C(=O)Oc1c(Cn2c(=O)n(C)c3ccccc32)sc2c1c(=O)n(C)c(=O)n2CC(C)C. The van der Waals surface area contributed by atoms with E-state index in [9.17, 15) is 19.2 Å². The topological polar surface area (TPSA) is 110 Å². The Morgan fingerprint density at radius 1 is 1.03 bits per heavy atom. The zero-order valence-corrected chi connectivity index (χ0v) is 21.2. The van der Waals surface area contributed by atoms with Gasteiger partial charge in [-0.2, -0.15) is 5.06 Å². The monoisotopic (exact) mass is 501 g/mol. The van der Waals surface area contributed by atoms with Crippen molar-refractivity contribution in [3.63, 3.8) is 0 Å². The Kier molecular flexibility index (Phi) is 6.43. The maximum absolute atomic E-state index is 13.2. The standard InChI is InChI=1S/C23H27N5O6S/c1-13(2)11-28-20-17(19(29)25(4)22(28)31)18(34-23(32)26(5)33-6)16(35-20)12-27-15-10-8-7-9-14(15)24(3)21(27)30/h7-10,13H,11-12H2,1-6H3. The van der Waals surface area contributed by atoms with Crippen molar-refractivity contribution in [1.29, 1.82) is 0 Å². The Bertz CT molecular complexity index is 1620. The van der Waals surface area contributed by atoms with Crippen molar-refractivity contribution in [3.05, 3.63) is 60.5 Å². The number of amides is 1. The number of hydrogen-bond donors (Lipinski definition) is 0. The number of aryl methyl sites for hydroxylation is 1. The fraction of sp³-hybridized carbons (Fsp3) is 0.391. The Hall–Kier alpha value is -3.64. The van der Waals surface area contributed by atoms with Gasteiger partial charge in [0, 0.05) is 27.7 Å². The van der Waals surface area contributed by atoms with Crippen LogP contribution in [0.1, 0.15) is 18.7 Å².